The number of nitrogens with one attached hydrogen (secondary N) is 2. The van der Waals surface area contributed by atoms with Crippen molar-refractivity contribution in [2.45, 2.75) is 22.6 Å². The molecule has 5 aromatic rings. The molecule has 1 amide bonds. The lowest BCUT2D eigenvalue weighted by Crippen LogP contribution is -2.25. The summed E-state index contributed by atoms with van der Waals surface area (Å²) >= 11 is 1.57. The van der Waals surface area contributed by atoms with Gasteiger partial charge in [0.05, 0.1) is 22.5 Å². The Morgan fingerprint density at radius 2 is 1.81 bits per heavy atom. The van der Waals surface area contributed by atoms with Crippen LogP contribution in [0.3, 0.4) is 0 Å². The summed E-state index contributed by atoms with van der Waals surface area (Å²) in [5, 5.41) is 11.7. The molecule has 0 spiro atoms. The molecule has 0 atom stereocenters. The number of fused-ring (bicyclic) bond motifs is 1. The number of hydrogen-bond acceptors (Lipinski definition) is 5. The molecule has 2 heterocycles. The van der Waals surface area contributed by atoms with E-state index in [9.17, 15) is 4.79 Å². The summed E-state index contributed by atoms with van der Waals surface area (Å²) in [6.07, 6.45) is 7.42. The Morgan fingerprint density at radius 1 is 0.973 bits per heavy atom. The van der Waals surface area contributed by atoms with Crippen LogP contribution < -0.4 is 11.1 Å². The molecule has 0 radical (unpaired) electrons. The highest BCUT2D eigenvalue weighted by molar-refractivity contribution is 7.99. The van der Waals surface area contributed by atoms with Crippen molar-refractivity contribution in [2.75, 3.05) is 12.3 Å². The lowest BCUT2D eigenvalue weighted by molar-refractivity contribution is 0.0950. The first-order valence-electron chi connectivity index (χ1n) is 12.1. The van der Waals surface area contributed by atoms with Crippen LogP contribution in [0, 0.1) is 0 Å². The predicted octanol–water partition coefficient (Wildman–Crippen LogP) is 6.22. The van der Waals surface area contributed by atoms with E-state index >= 15 is 0 Å². The standard InChI is InChI=1S/C30H27N5OS/c31-22-12-10-21(11-13-22)6-5-19-33-30(36)26-8-1-2-9-29(26)37-24-15-16-25-27(34-35-28(25)20-24)17-14-23-7-3-4-18-32-23/h1-4,7-18,20H,5-6,19,31H2,(H,33,36)(H,34,35)/b17-14+. The highest BCUT2D eigenvalue weighted by atomic mass is 32.2. The molecule has 0 bridgehead atoms. The number of H-pyrrole nitrogens is 1. The van der Waals surface area contributed by atoms with Crippen molar-refractivity contribution in [1.29, 1.82) is 0 Å². The monoisotopic (exact) mass is 505 g/mol. The number of hydrogen-bond donors (Lipinski definition) is 3. The molecule has 7 heteroatoms. The Balaban J connectivity index is 1.23. The van der Waals surface area contributed by atoms with Gasteiger partial charge in [-0.1, -0.05) is 42.1 Å². The molecule has 0 saturated carbocycles. The number of pyridine rings is 1. The second-order valence-corrected chi connectivity index (χ2v) is 9.72. The average molecular weight is 506 g/mol. The number of nitrogens with two attached hydrogens (primary N) is 1. The van der Waals surface area contributed by atoms with Gasteiger partial charge in [0.25, 0.3) is 5.91 Å². The molecule has 0 aliphatic rings. The number of amides is 1. The summed E-state index contributed by atoms with van der Waals surface area (Å²) < 4.78 is 0. The molecular formula is C30H27N5OS. The van der Waals surface area contributed by atoms with Gasteiger partial charge in [-0.05, 0) is 85.2 Å². The first-order chi connectivity index (χ1) is 18.2. The maximum absolute atomic E-state index is 12.9. The van der Waals surface area contributed by atoms with E-state index in [0.29, 0.717) is 12.1 Å². The predicted molar refractivity (Wildman–Crippen MR) is 151 cm³/mol. The molecule has 6 nitrogen and oxygen atoms in total. The summed E-state index contributed by atoms with van der Waals surface area (Å²) in [7, 11) is 0. The van der Waals surface area contributed by atoms with Crippen molar-refractivity contribution >= 4 is 46.4 Å². The summed E-state index contributed by atoms with van der Waals surface area (Å²) in [5.74, 6) is -0.0648. The minimum Gasteiger partial charge on any atom is -0.399 e. The van der Waals surface area contributed by atoms with Crippen LogP contribution in [0.25, 0.3) is 23.1 Å². The molecule has 0 unspecified atom stereocenters. The molecule has 184 valence electrons. The zero-order valence-electron chi connectivity index (χ0n) is 20.2. The average Bonchev–Trinajstić information content (AvgIpc) is 3.34. The third-order valence-corrected chi connectivity index (χ3v) is 7.00. The summed E-state index contributed by atoms with van der Waals surface area (Å²) in [5.41, 5.74) is 11.1. The smallest absolute Gasteiger partial charge is 0.252 e. The molecule has 0 aliphatic heterocycles. The van der Waals surface area contributed by atoms with E-state index in [2.05, 4.69) is 38.7 Å². The van der Waals surface area contributed by atoms with Gasteiger partial charge in [0, 0.05) is 33.6 Å². The normalized spacial score (nSPS) is 11.2. The Morgan fingerprint density at radius 3 is 2.65 bits per heavy atom. The van der Waals surface area contributed by atoms with Gasteiger partial charge in [0.1, 0.15) is 0 Å². The number of nitrogens with zero attached hydrogens (tertiary/aromatic N) is 2. The van der Waals surface area contributed by atoms with E-state index in [-0.39, 0.29) is 5.91 Å². The lowest BCUT2D eigenvalue weighted by atomic mass is 10.1. The first-order valence-corrected chi connectivity index (χ1v) is 12.9. The highest BCUT2D eigenvalue weighted by Gasteiger charge is 2.13. The maximum atomic E-state index is 12.9. The van der Waals surface area contributed by atoms with Gasteiger partial charge in [0.2, 0.25) is 0 Å². The van der Waals surface area contributed by atoms with Crippen LogP contribution in [0.1, 0.15) is 33.7 Å². The van der Waals surface area contributed by atoms with Gasteiger partial charge in [-0.25, -0.2) is 0 Å². The second-order valence-electron chi connectivity index (χ2n) is 8.60. The van der Waals surface area contributed by atoms with Gasteiger partial charge in [-0.3, -0.25) is 14.9 Å². The molecule has 4 N–H and O–H groups in total. The number of aryl methyl sites for hydroxylation is 1. The van der Waals surface area contributed by atoms with E-state index in [1.165, 1.54) is 5.56 Å². The Kier molecular flexibility index (Phi) is 7.62. The van der Waals surface area contributed by atoms with Crippen molar-refractivity contribution in [2.24, 2.45) is 0 Å². The molecule has 5 rings (SSSR count). The molecule has 0 fully saturated rings. The van der Waals surface area contributed by atoms with Crippen molar-refractivity contribution in [3.63, 3.8) is 0 Å². The lowest BCUT2D eigenvalue weighted by Gasteiger charge is -2.10. The fourth-order valence-corrected chi connectivity index (χ4v) is 4.98. The van der Waals surface area contributed by atoms with Crippen LogP contribution in [0.15, 0.2) is 101 Å². The van der Waals surface area contributed by atoms with Gasteiger partial charge in [0.15, 0.2) is 0 Å². The first kappa shape index (κ1) is 24.3. The molecule has 0 aliphatic carbocycles. The van der Waals surface area contributed by atoms with E-state index < -0.39 is 0 Å². The number of benzene rings is 3. The largest absolute Gasteiger partial charge is 0.399 e. The molecule has 2 aromatic heterocycles. The molecule has 37 heavy (non-hydrogen) atoms. The third-order valence-electron chi connectivity index (χ3n) is 5.93. The zero-order chi connectivity index (χ0) is 25.5. The van der Waals surface area contributed by atoms with Gasteiger partial charge < -0.3 is 11.1 Å². The van der Waals surface area contributed by atoms with Crippen LogP contribution >= 0.6 is 11.8 Å². The quantitative estimate of drug-likeness (QED) is 0.163. The van der Waals surface area contributed by atoms with Crippen LogP contribution in [-0.2, 0) is 6.42 Å². The molecule has 3 aromatic carbocycles. The minimum atomic E-state index is -0.0648. The van der Waals surface area contributed by atoms with Gasteiger partial charge >= 0.3 is 0 Å². The number of carbonyl (C=O) groups is 1. The van der Waals surface area contributed by atoms with Gasteiger partial charge in [-0.15, -0.1) is 0 Å². The van der Waals surface area contributed by atoms with E-state index in [1.807, 2.05) is 78.9 Å². The van der Waals surface area contributed by atoms with Crippen molar-refractivity contribution in [3.8, 4) is 0 Å². The number of rotatable bonds is 9. The summed E-state index contributed by atoms with van der Waals surface area (Å²) in [6, 6.07) is 27.5. The molecule has 0 saturated heterocycles. The summed E-state index contributed by atoms with van der Waals surface area (Å²) in [4.78, 5) is 19.2. The summed E-state index contributed by atoms with van der Waals surface area (Å²) in [6.45, 7) is 0.608. The number of nitrogen functional groups attached to an aromatic ring is 1. The van der Waals surface area contributed by atoms with Crippen LogP contribution in [0.4, 0.5) is 5.69 Å². The maximum Gasteiger partial charge on any atom is 0.252 e. The van der Waals surface area contributed by atoms with E-state index in [4.69, 9.17) is 5.73 Å². The Hall–Kier alpha value is -4.36. The third kappa shape index (κ3) is 6.26. The minimum absolute atomic E-state index is 0.0648. The second kappa shape index (κ2) is 11.6. The fraction of sp³-hybridized carbons (Fsp3) is 0.100. The zero-order valence-corrected chi connectivity index (χ0v) is 21.0. The van der Waals surface area contributed by atoms with E-state index in [1.54, 1.807) is 18.0 Å². The number of aromatic nitrogens is 3. The van der Waals surface area contributed by atoms with Crippen molar-refractivity contribution in [3.05, 3.63) is 114 Å². The SMILES string of the molecule is Nc1ccc(CCCNC(=O)c2ccccc2Sc2ccc3c(/C=C/c4ccccn4)n[nH]c3c2)cc1. The van der Waals surface area contributed by atoms with E-state index in [0.717, 1.165) is 50.6 Å². The fourth-order valence-electron chi connectivity index (χ4n) is 3.99. The van der Waals surface area contributed by atoms with Crippen LogP contribution in [0.2, 0.25) is 0 Å². The number of anilines is 1. The highest BCUT2D eigenvalue weighted by Crippen LogP contribution is 2.33. The van der Waals surface area contributed by atoms with Gasteiger partial charge in [-0.2, -0.15) is 5.10 Å². The number of carbonyl (C=O) groups excluding carboxylic acids is 1. The topological polar surface area (TPSA) is 96.7 Å². The Bertz CT molecular complexity index is 1530. The van der Waals surface area contributed by atoms with Crippen molar-refractivity contribution in [1.82, 2.24) is 20.5 Å². The molecular weight excluding hydrogens is 478 g/mol. The van der Waals surface area contributed by atoms with Crippen molar-refractivity contribution < 1.29 is 4.79 Å². The van der Waals surface area contributed by atoms with Crippen LogP contribution in [-0.4, -0.2) is 27.6 Å². The Labute approximate surface area is 220 Å². The van der Waals surface area contributed by atoms with Crippen LogP contribution in [0.5, 0.6) is 0 Å². The number of aromatic amines is 1.